The van der Waals surface area contributed by atoms with E-state index >= 15 is 0 Å². The van der Waals surface area contributed by atoms with Gasteiger partial charge in [-0.15, -0.1) is 0 Å². The molecule has 68 heavy (non-hydrogen) atoms. The molecule has 3 aromatic carbocycles. The first kappa shape index (κ1) is 46.9. The number of fused-ring (bicyclic) bond motifs is 2. The normalized spacial score (nSPS) is 18.9. The summed E-state index contributed by atoms with van der Waals surface area (Å²) in [6, 6.07) is 18.9. The monoisotopic (exact) mass is 965 g/mol. The maximum atomic E-state index is 14.1. The average molecular weight is 967 g/mol. The molecule has 2 aromatic heterocycles. The Hall–Kier alpha value is -6.17. The second-order valence-corrected chi connectivity index (χ2v) is 21.2. The topological polar surface area (TPSA) is 198 Å². The predicted molar refractivity (Wildman–Crippen MR) is 259 cm³/mol. The van der Waals surface area contributed by atoms with Crippen molar-refractivity contribution in [3.05, 3.63) is 117 Å². The van der Waals surface area contributed by atoms with Crippen molar-refractivity contribution in [1.29, 1.82) is 0 Å². The van der Waals surface area contributed by atoms with Gasteiger partial charge in [0.15, 0.2) is 0 Å². The lowest BCUT2D eigenvalue weighted by Crippen LogP contribution is -2.47. The van der Waals surface area contributed by atoms with E-state index in [2.05, 4.69) is 55.8 Å². The van der Waals surface area contributed by atoms with Gasteiger partial charge in [0.25, 0.3) is 21.6 Å². The zero-order chi connectivity index (χ0) is 47.6. The van der Waals surface area contributed by atoms with Crippen LogP contribution in [0.5, 0.6) is 17.2 Å². The van der Waals surface area contributed by atoms with Gasteiger partial charge in [-0.2, -0.15) is 0 Å². The summed E-state index contributed by atoms with van der Waals surface area (Å²) in [6.45, 7) is 8.75. The van der Waals surface area contributed by atoms with Gasteiger partial charge in [-0.05, 0) is 104 Å². The number of rotatable bonds is 13. The minimum Gasteiger partial charge on any atom is -0.493 e. The molecule has 2 aliphatic carbocycles. The van der Waals surface area contributed by atoms with E-state index in [4.69, 9.17) is 25.8 Å². The van der Waals surface area contributed by atoms with Crippen molar-refractivity contribution in [2.45, 2.75) is 82.6 Å². The Balaban J connectivity index is 0.909. The van der Waals surface area contributed by atoms with E-state index < -0.39 is 37.5 Å². The molecule has 16 nitrogen and oxygen atoms in total. The molecule has 1 saturated heterocycles. The first-order valence-electron chi connectivity index (χ1n) is 23.3. The number of H-pyrrole nitrogens is 1. The van der Waals surface area contributed by atoms with E-state index in [0.717, 1.165) is 93.2 Å². The van der Waals surface area contributed by atoms with Crippen LogP contribution in [0.3, 0.4) is 0 Å². The lowest BCUT2D eigenvalue weighted by Gasteiger charge is -2.39. The van der Waals surface area contributed by atoms with Gasteiger partial charge in [-0.25, -0.2) is 22.9 Å². The summed E-state index contributed by atoms with van der Waals surface area (Å²) < 4.78 is 47.8. The number of hydrogen-bond donors (Lipinski definition) is 3. The molecule has 0 spiro atoms. The molecule has 1 saturated carbocycles. The van der Waals surface area contributed by atoms with Crippen molar-refractivity contribution in [2.24, 2.45) is 11.3 Å². The van der Waals surface area contributed by atoms with Crippen LogP contribution in [0.4, 0.5) is 16.2 Å². The number of halogens is 1. The zero-order valence-corrected chi connectivity index (χ0v) is 39.8. The number of carbonyl (C=O) groups is 2. The number of ether oxygens (including phenoxy) is 3. The minimum atomic E-state index is -4.69. The molecule has 5 aromatic rings. The highest BCUT2D eigenvalue weighted by molar-refractivity contribution is 7.90. The van der Waals surface area contributed by atoms with Gasteiger partial charge in [0.2, 0.25) is 0 Å². The number of aromatic nitrogens is 2. The van der Waals surface area contributed by atoms with Crippen LogP contribution < -0.4 is 24.4 Å². The van der Waals surface area contributed by atoms with Crippen LogP contribution in [0.1, 0.15) is 86.7 Å². The molecule has 9 rings (SSSR count). The van der Waals surface area contributed by atoms with Crippen molar-refractivity contribution in [1.82, 2.24) is 24.9 Å². The van der Waals surface area contributed by atoms with Crippen LogP contribution in [-0.4, -0.2) is 92.2 Å². The van der Waals surface area contributed by atoms with E-state index in [1.807, 2.05) is 18.2 Å². The highest BCUT2D eigenvalue weighted by Gasteiger charge is 2.34. The molecule has 358 valence electrons. The summed E-state index contributed by atoms with van der Waals surface area (Å²) in [5, 5.41) is 16.6. The molecular weight excluding hydrogens is 910 g/mol. The third kappa shape index (κ3) is 10.9. The third-order valence-electron chi connectivity index (χ3n) is 13.6. The number of nitrogens with zero attached hydrogens (tertiary/aromatic N) is 4. The van der Waals surface area contributed by atoms with Crippen LogP contribution in [0.25, 0.3) is 16.6 Å². The molecule has 4 aliphatic rings. The van der Waals surface area contributed by atoms with Crippen LogP contribution in [0.15, 0.2) is 89.6 Å². The summed E-state index contributed by atoms with van der Waals surface area (Å²) in [4.78, 5) is 49.9. The van der Waals surface area contributed by atoms with Gasteiger partial charge in [-0.3, -0.25) is 19.8 Å². The van der Waals surface area contributed by atoms with Gasteiger partial charge < -0.3 is 29.4 Å². The number of aromatic amines is 1. The molecule has 2 fully saturated rings. The van der Waals surface area contributed by atoms with E-state index in [0.29, 0.717) is 24.5 Å². The molecule has 0 unspecified atom stereocenters. The molecule has 1 atom stereocenters. The molecular formula is C50H56ClN7O9S. The number of nitro groups is 1. The largest absolute Gasteiger partial charge is 0.493 e. The molecule has 2 aliphatic heterocycles. The number of alkyl carbamates (subject to hydrolysis) is 1. The standard InChI is InChI=1S/C50H56ClN7O9S/c1-50(2)16-14-35(43(27-50)33-8-10-36(51)11-9-33)30-56-18-20-57(21-19-56)37-12-13-41(46(24-37)66-39-23-34-15-17-52-47(34)53-29-39)48(59)55-68(63,64)40-25-44(58(61)62)42-22-32(31-65-45(42)26-40)28-54-49(60)67-38-6-4-3-5-7-38/h8-13,15,17,23-26,29,32,38H,3-7,14,16,18-22,27-28,30-31H2,1-2H3,(H,52,53)(H,54,60)(H,55,59)/t32-/m0/s1. The fourth-order valence-corrected chi connectivity index (χ4v) is 10.9. The fourth-order valence-electron chi connectivity index (χ4n) is 9.76. The summed E-state index contributed by atoms with van der Waals surface area (Å²) in [7, 11) is -4.69. The van der Waals surface area contributed by atoms with Crippen LogP contribution in [-0.2, 0) is 21.2 Å². The Morgan fingerprint density at radius 1 is 1.01 bits per heavy atom. The van der Waals surface area contributed by atoms with Gasteiger partial charge in [0, 0.05) is 85.7 Å². The Morgan fingerprint density at radius 2 is 1.79 bits per heavy atom. The molecule has 2 amide bonds. The van der Waals surface area contributed by atoms with E-state index in [1.165, 1.54) is 35.0 Å². The van der Waals surface area contributed by atoms with Crippen molar-refractivity contribution < 1.29 is 37.1 Å². The van der Waals surface area contributed by atoms with Gasteiger partial charge >= 0.3 is 6.09 Å². The quantitative estimate of drug-likeness (QED) is 0.0748. The number of amides is 2. The summed E-state index contributed by atoms with van der Waals surface area (Å²) in [5.74, 6) is -0.898. The number of carbonyl (C=O) groups excluding carboxylic acids is 2. The molecule has 4 heterocycles. The first-order chi connectivity index (χ1) is 32.7. The summed E-state index contributed by atoms with van der Waals surface area (Å²) >= 11 is 6.25. The molecule has 0 radical (unpaired) electrons. The van der Waals surface area contributed by atoms with Crippen molar-refractivity contribution in [3.8, 4) is 17.2 Å². The summed E-state index contributed by atoms with van der Waals surface area (Å²) in [5.41, 5.74) is 5.35. The van der Waals surface area contributed by atoms with Crippen LogP contribution >= 0.6 is 11.6 Å². The number of hydrogen-bond acceptors (Lipinski definition) is 12. The number of piperazine rings is 1. The first-order valence-corrected chi connectivity index (χ1v) is 25.2. The van der Waals surface area contributed by atoms with Crippen LogP contribution in [0.2, 0.25) is 5.02 Å². The van der Waals surface area contributed by atoms with Gasteiger partial charge in [0.1, 0.15) is 29.0 Å². The minimum absolute atomic E-state index is 0.00980. The fraction of sp³-hybridized carbons (Fsp3) is 0.420. The molecule has 18 heteroatoms. The number of pyridine rings is 1. The zero-order valence-electron chi connectivity index (χ0n) is 38.2. The summed E-state index contributed by atoms with van der Waals surface area (Å²) in [6.07, 6.45) is 10.7. The Morgan fingerprint density at radius 3 is 2.56 bits per heavy atom. The number of nitrogens with one attached hydrogen (secondary N) is 3. The predicted octanol–water partition coefficient (Wildman–Crippen LogP) is 9.43. The lowest BCUT2D eigenvalue weighted by atomic mass is 9.72. The number of sulfonamides is 1. The van der Waals surface area contributed by atoms with Crippen molar-refractivity contribution in [3.63, 3.8) is 0 Å². The SMILES string of the molecule is CC1(C)CCC(CN2CCN(c3ccc(C(=O)NS(=O)(=O)c4cc5c(c([N+](=O)[O-])c4)C[C@@H](CNC(=O)OC4CCCCC4)CO5)c(Oc4cnc5[nH]ccc5c4)c3)CC2)=C(c2ccc(Cl)cc2)C1. The molecule has 3 N–H and O–H groups in total. The maximum Gasteiger partial charge on any atom is 0.407 e. The van der Waals surface area contributed by atoms with E-state index in [-0.39, 0.29) is 59.6 Å². The second kappa shape index (κ2) is 19.8. The Labute approximate surface area is 400 Å². The van der Waals surface area contributed by atoms with E-state index in [9.17, 15) is 28.1 Å². The highest BCUT2D eigenvalue weighted by Crippen LogP contribution is 2.44. The number of benzene rings is 3. The number of anilines is 1. The highest BCUT2D eigenvalue weighted by atomic mass is 35.5. The average Bonchev–Trinajstić information content (AvgIpc) is 3.80. The van der Waals surface area contributed by atoms with Gasteiger partial charge in [-0.1, -0.05) is 49.6 Å². The third-order valence-corrected chi connectivity index (χ3v) is 15.1. The molecule has 0 bridgehead atoms. The van der Waals surface area contributed by atoms with Crippen LogP contribution in [0, 0.1) is 21.4 Å². The van der Waals surface area contributed by atoms with Crippen molar-refractivity contribution in [2.75, 3.05) is 50.8 Å². The van der Waals surface area contributed by atoms with Crippen molar-refractivity contribution >= 4 is 61.6 Å². The smallest absolute Gasteiger partial charge is 0.407 e. The van der Waals surface area contributed by atoms with Gasteiger partial charge in [0.05, 0.1) is 33.7 Å². The second-order valence-electron chi connectivity index (χ2n) is 19.1. The number of nitro benzene ring substituents is 1. The Bertz CT molecular complexity index is 2850. The maximum absolute atomic E-state index is 14.1. The number of allylic oxidation sites excluding steroid dienone is 1. The lowest BCUT2D eigenvalue weighted by molar-refractivity contribution is -0.386. The Kier molecular flexibility index (Phi) is 13.7. The van der Waals surface area contributed by atoms with E-state index in [1.54, 1.807) is 24.4 Å².